The molecule has 1 saturated carbocycles. The van der Waals surface area contributed by atoms with Gasteiger partial charge < -0.3 is 10.8 Å². The van der Waals surface area contributed by atoms with Crippen LogP contribution in [0.2, 0.25) is 0 Å². The van der Waals surface area contributed by atoms with Crippen LogP contribution in [0.25, 0.3) is 0 Å². The van der Waals surface area contributed by atoms with E-state index in [1.165, 1.54) is 25.3 Å². The minimum absolute atomic E-state index is 0.203. The van der Waals surface area contributed by atoms with Gasteiger partial charge in [0.1, 0.15) is 5.54 Å². The Morgan fingerprint density at radius 1 is 1.80 bits per heavy atom. The van der Waals surface area contributed by atoms with Crippen molar-refractivity contribution in [1.82, 2.24) is 9.78 Å². The minimum Gasteiger partial charge on any atom is -0.480 e. The lowest BCUT2D eigenvalue weighted by molar-refractivity contribution is -0.143. The topological polar surface area (TPSA) is 81.1 Å². The lowest BCUT2D eigenvalue weighted by atomic mass is 10.1. The molecule has 3 N–H and O–H groups in total. The largest absolute Gasteiger partial charge is 0.480 e. The Bertz CT molecular complexity index is 380. The number of aromatic nitrogens is 2. The van der Waals surface area contributed by atoms with Crippen LogP contribution in [0.4, 0.5) is 0 Å². The molecule has 0 aromatic carbocycles. The Labute approximate surface area is 87.9 Å². The van der Waals surface area contributed by atoms with Crippen molar-refractivity contribution in [3.8, 4) is 0 Å². The number of nitrogens with two attached hydrogens (primary N) is 1. The lowest BCUT2D eigenvalue weighted by Crippen LogP contribution is -2.48. The molecule has 82 valence electrons. The summed E-state index contributed by atoms with van der Waals surface area (Å²) in [6.07, 6.45) is 6.12. The number of aliphatic carboxylic acids is 1. The maximum Gasteiger partial charge on any atom is 0.325 e. The van der Waals surface area contributed by atoms with Crippen LogP contribution in [-0.4, -0.2) is 26.4 Å². The number of nitrogens with zero attached hydrogens (tertiary/aromatic N) is 2. The Kier molecular flexibility index (Phi) is 2.26. The molecule has 0 saturated heterocycles. The van der Waals surface area contributed by atoms with Gasteiger partial charge in [0.25, 0.3) is 0 Å². The van der Waals surface area contributed by atoms with E-state index in [1.54, 1.807) is 10.9 Å². The van der Waals surface area contributed by atoms with Crippen LogP contribution < -0.4 is 5.73 Å². The summed E-state index contributed by atoms with van der Waals surface area (Å²) in [5.41, 5.74) is 5.57. The van der Waals surface area contributed by atoms with Gasteiger partial charge in [0.05, 0.1) is 12.7 Å². The number of carboxylic acids is 1. The molecule has 0 aliphatic heterocycles. The summed E-state index contributed by atoms with van der Waals surface area (Å²) in [4.78, 5) is 10.8. The third-order valence-corrected chi connectivity index (χ3v) is 2.68. The van der Waals surface area contributed by atoms with E-state index in [0.717, 1.165) is 0 Å². The summed E-state index contributed by atoms with van der Waals surface area (Å²) in [5, 5.41) is 13.0. The fourth-order valence-corrected chi connectivity index (χ4v) is 1.50. The van der Waals surface area contributed by atoms with Gasteiger partial charge in [-0.1, -0.05) is 0 Å². The van der Waals surface area contributed by atoms with Crippen LogP contribution in [0, 0.1) is 0 Å². The van der Waals surface area contributed by atoms with E-state index >= 15 is 0 Å². The van der Waals surface area contributed by atoms with E-state index in [1.807, 2.05) is 6.20 Å². The number of carbonyl (C=O) groups is 1. The molecule has 1 aliphatic carbocycles. The number of hydrogen-bond donors (Lipinski definition) is 2. The van der Waals surface area contributed by atoms with Crippen LogP contribution in [0.3, 0.4) is 0 Å². The summed E-state index contributed by atoms with van der Waals surface area (Å²) >= 11 is 0. The Balaban J connectivity index is 2.06. The first-order valence-corrected chi connectivity index (χ1v) is 5.04. The number of hydrogen-bond acceptors (Lipinski definition) is 3. The van der Waals surface area contributed by atoms with Crippen LogP contribution in [0.5, 0.6) is 0 Å². The molecule has 0 amide bonds. The molecule has 1 aliphatic rings. The molecule has 0 radical (unpaired) electrons. The maximum absolute atomic E-state index is 10.8. The van der Waals surface area contributed by atoms with Gasteiger partial charge in [-0.25, -0.2) is 0 Å². The average molecular weight is 209 g/mol. The average Bonchev–Trinajstić information content (AvgIpc) is 2.88. The van der Waals surface area contributed by atoms with Gasteiger partial charge in [-0.15, -0.1) is 0 Å². The molecule has 1 unspecified atom stereocenters. The molecule has 1 aromatic rings. The van der Waals surface area contributed by atoms with Gasteiger partial charge >= 0.3 is 5.97 Å². The van der Waals surface area contributed by atoms with E-state index in [4.69, 9.17) is 10.8 Å². The van der Waals surface area contributed by atoms with Gasteiger partial charge in [0, 0.05) is 6.20 Å². The molecule has 0 spiro atoms. The molecule has 0 bridgehead atoms. The molecular formula is C10H15N3O2. The maximum atomic E-state index is 10.8. The normalized spacial score (nSPS) is 19.9. The van der Waals surface area contributed by atoms with Gasteiger partial charge in [0.2, 0.25) is 0 Å². The van der Waals surface area contributed by atoms with Crippen LogP contribution >= 0.6 is 0 Å². The molecular weight excluding hydrogens is 194 g/mol. The monoisotopic (exact) mass is 209 g/mol. The van der Waals surface area contributed by atoms with Crippen molar-refractivity contribution in [2.45, 2.75) is 37.8 Å². The smallest absolute Gasteiger partial charge is 0.325 e. The predicted octanol–water partition coefficient (Wildman–Crippen LogP) is 0.562. The third kappa shape index (κ3) is 2.18. The summed E-state index contributed by atoms with van der Waals surface area (Å²) < 4.78 is 1.61. The highest BCUT2D eigenvalue weighted by Gasteiger charge is 2.30. The molecule has 1 atom stereocenters. The van der Waals surface area contributed by atoms with E-state index in [9.17, 15) is 4.79 Å². The van der Waals surface area contributed by atoms with Gasteiger partial charge in [-0.3, -0.25) is 9.48 Å². The zero-order valence-electron chi connectivity index (χ0n) is 8.68. The zero-order valence-corrected chi connectivity index (χ0v) is 8.68. The van der Waals surface area contributed by atoms with Gasteiger partial charge in [0.15, 0.2) is 0 Å². The second-order valence-corrected chi connectivity index (χ2v) is 4.47. The Morgan fingerprint density at radius 2 is 2.47 bits per heavy atom. The van der Waals surface area contributed by atoms with Crippen molar-refractivity contribution in [1.29, 1.82) is 0 Å². The zero-order chi connectivity index (χ0) is 11.1. The molecule has 5 nitrogen and oxygen atoms in total. The standard InChI is InChI=1S/C10H15N3O2/c1-10(11,9(14)15)6-13-5-8(4-12-13)7-2-3-7/h4-5,7H,2-3,6,11H2,1H3,(H,14,15). The summed E-state index contributed by atoms with van der Waals surface area (Å²) in [6.45, 7) is 1.70. The number of carboxylic acid groups (broad SMARTS) is 1. The first-order valence-electron chi connectivity index (χ1n) is 5.04. The molecule has 2 rings (SSSR count). The fraction of sp³-hybridized carbons (Fsp3) is 0.600. The minimum atomic E-state index is -1.26. The molecule has 15 heavy (non-hydrogen) atoms. The first kappa shape index (κ1) is 10.2. The highest BCUT2D eigenvalue weighted by atomic mass is 16.4. The van der Waals surface area contributed by atoms with E-state index in [2.05, 4.69) is 5.10 Å². The number of rotatable bonds is 4. The van der Waals surface area contributed by atoms with Crippen molar-refractivity contribution in [2.24, 2.45) is 5.73 Å². The Morgan fingerprint density at radius 3 is 3.00 bits per heavy atom. The fourth-order valence-electron chi connectivity index (χ4n) is 1.50. The van der Waals surface area contributed by atoms with E-state index in [0.29, 0.717) is 5.92 Å². The molecule has 1 fully saturated rings. The van der Waals surface area contributed by atoms with Crippen molar-refractivity contribution < 1.29 is 9.90 Å². The second kappa shape index (κ2) is 3.34. The lowest BCUT2D eigenvalue weighted by Gasteiger charge is -2.18. The molecule has 1 aromatic heterocycles. The second-order valence-electron chi connectivity index (χ2n) is 4.47. The van der Waals surface area contributed by atoms with Crippen molar-refractivity contribution in [2.75, 3.05) is 0 Å². The van der Waals surface area contributed by atoms with Crippen LogP contribution in [-0.2, 0) is 11.3 Å². The third-order valence-electron chi connectivity index (χ3n) is 2.68. The highest BCUT2D eigenvalue weighted by molar-refractivity contribution is 5.77. The quantitative estimate of drug-likeness (QED) is 0.759. The molecule has 1 heterocycles. The van der Waals surface area contributed by atoms with Crippen molar-refractivity contribution in [3.63, 3.8) is 0 Å². The summed E-state index contributed by atoms with van der Waals surface area (Å²) in [5.74, 6) is -0.376. The van der Waals surface area contributed by atoms with E-state index in [-0.39, 0.29) is 6.54 Å². The predicted molar refractivity (Wildman–Crippen MR) is 54.4 cm³/mol. The summed E-state index contributed by atoms with van der Waals surface area (Å²) in [6, 6.07) is 0. The van der Waals surface area contributed by atoms with Gasteiger partial charge in [-0.2, -0.15) is 5.10 Å². The van der Waals surface area contributed by atoms with Crippen molar-refractivity contribution >= 4 is 5.97 Å². The highest BCUT2D eigenvalue weighted by Crippen LogP contribution is 2.39. The summed E-state index contributed by atoms with van der Waals surface area (Å²) in [7, 11) is 0. The van der Waals surface area contributed by atoms with Gasteiger partial charge in [-0.05, 0) is 31.2 Å². The first-order chi connectivity index (χ1) is 6.99. The SMILES string of the molecule is CC(N)(Cn1cc(C2CC2)cn1)C(=O)O. The van der Waals surface area contributed by atoms with E-state index < -0.39 is 11.5 Å². The van der Waals surface area contributed by atoms with Crippen LogP contribution in [0.15, 0.2) is 12.4 Å². The molecule has 5 heteroatoms. The van der Waals surface area contributed by atoms with Crippen LogP contribution in [0.1, 0.15) is 31.2 Å². The van der Waals surface area contributed by atoms with Crippen molar-refractivity contribution in [3.05, 3.63) is 18.0 Å². The Hall–Kier alpha value is -1.36.